The van der Waals surface area contributed by atoms with Crippen molar-refractivity contribution in [1.29, 1.82) is 0 Å². The number of benzene rings is 2. The van der Waals surface area contributed by atoms with Gasteiger partial charge in [-0.25, -0.2) is 9.98 Å². The van der Waals surface area contributed by atoms with E-state index in [1.54, 1.807) is 22.8 Å². The van der Waals surface area contributed by atoms with Crippen molar-refractivity contribution in [2.45, 2.75) is 78.6 Å². The number of aryl methyl sites for hydroxylation is 1. The van der Waals surface area contributed by atoms with Crippen molar-refractivity contribution in [2.24, 2.45) is 28.2 Å². The number of piperazine rings is 2. The third kappa shape index (κ3) is 6.66. The molecular formula is C37H46Cl2N8O3. The van der Waals surface area contributed by atoms with Gasteiger partial charge in [-0.05, 0) is 92.2 Å². The number of anilines is 2. The van der Waals surface area contributed by atoms with Gasteiger partial charge in [0.25, 0.3) is 5.56 Å². The number of guanidine groups is 1. The number of nitrogens with one attached hydrogen (secondary N) is 3. The lowest BCUT2D eigenvalue weighted by Gasteiger charge is -2.61. The molecule has 2 bridgehead atoms. The third-order valence-corrected chi connectivity index (χ3v) is 12.1. The molecule has 13 heteroatoms. The van der Waals surface area contributed by atoms with Gasteiger partial charge in [-0.15, -0.1) is 0 Å². The van der Waals surface area contributed by atoms with E-state index in [1.807, 2.05) is 41.8 Å². The zero-order valence-electron chi connectivity index (χ0n) is 29.3. The van der Waals surface area contributed by atoms with Crippen LogP contribution in [0.3, 0.4) is 0 Å². The summed E-state index contributed by atoms with van der Waals surface area (Å²) >= 11 is 12.6. The van der Waals surface area contributed by atoms with Gasteiger partial charge in [0.2, 0.25) is 17.8 Å². The van der Waals surface area contributed by atoms with Gasteiger partial charge in [0, 0.05) is 47.5 Å². The Morgan fingerprint density at radius 1 is 0.980 bits per heavy atom. The molecule has 2 saturated heterocycles. The molecule has 3 N–H and O–H groups in total. The molecule has 2 amide bonds. The molecule has 0 radical (unpaired) electrons. The summed E-state index contributed by atoms with van der Waals surface area (Å²) in [5.74, 6) is 2.62. The molecule has 3 saturated carbocycles. The number of hydrogen-bond donors (Lipinski definition) is 3. The maximum absolute atomic E-state index is 14.2. The van der Waals surface area contributed by atoms with Gasteiger partial charge >= 0.3 is 0 Å². The van der Waals surface area contributed by atoms with Crippen molar-refractivity contribution in [1.82, 2.24) is 25.1 Å². The molecule has 3 aliphatic carbocycles. The van der Waals surface area contributed by atoms with E-state index in [-0.39, 0.29) is 48.6 Å². The van der Waals surface area contributed by atoms with Gasteiger partial charge in [0.15, 0.2) is 5.96 Å². The van der Waals surface area contributed by atoms with Crippen LogP contribution in [0, 0.1) is 23.2 Å². The monoisotopic (exact) mass is 720 g/mol. The van der Waals surface area contributed by atoms with Crippen molar-refractivity contribution < 1.29 is 9.59 Å². The van der Waals surface area contributed by atoms with Crippen molar-refractivity contribution >= 4 is 63.5 Å². The lowest BCUT2D eigenvalue weighted by molar-refractivity contribution is -0.124. The number of rotatable bonds is 6. The summed E-state index contributed by atoms with van der Waals surface area (Å²) in [5, 5.41) is 11.1. The van der Waals surface area contributed by atoms with Crippen LogP contribution in [-0.2, 0) is 22.6 Å². The molecule has 50 heavy (non-hydrogen) atoms. The Hall–Kier alpha value is -3.83. The largest absolute Gasteiger partial charge is 0.350 e. The minimum atomic E-state index is -0.200. The van der Waals surface area contributed by atoms with Crippen LogP contribution in [0.5, 0.6) is 0 Å². The first-order valence-corrected chi connectivity index (χ1v) is 18.4. The number of aliphatic imine (C=N–C) groups is 1. The first kappa shape index (κ1) is 34.6. The topological polar surface area (TPSA) is 124 Å². The molecule has 2 aromatic carbocycles. The molecule has 5 aliphatic rings. The lowest BCUT2D eigenvalue weighted by Crippen LogP contribution is -2.58. The Bertz CT molecular complexity index is 1930. The van der Waals surface area contributed by atoms with Crippen LogP contribution in [0.15, 0.2) is 46.2 Å². The maximum atomic E-state index is 14.2. The predicted molar refractivity (Wildman–Crippen MR) is 199 cm³/mol. The Morgan fingerprint density at radius 2 is 1.72 bits per heavy atom. The van der Waals surface area contributed by atoms with E-state index in [0.29, 0.717) is 82.1 Å². The number of nitrogens with zero attached hydrogens (tertiary/aromatic N) is 5. The smallest absolute Gasteiger partial charge is 0.262 e. The second-order valence-corrected chi connectivity index (χ2v) is 16.2. The van der Waals surface area contributed by atoms with E-state index in [4.69, 9.17) is 33.2 Å². The summed E-state index contributed by atoms with van der Waals surface area (Å²) in [6, 6.07) is 10.9. The van der Waals surface area contributed by atoms with Crippen LogP contribution < -0.4 is 26.4 Å². The van der Waals surface area contributed by atoms with E-state index in [9.17, 15) is 14.4 Å². The zero-order chi connectivity index (χ0) is 35.5. The molecule has 5 fully saturated rings. The highest BCUT2D eigenvalue weighted by Crippen LogP contribution is 2.61. The molecule has 1 aromatic heterocycles. The Labute approximate surface area is 302 Å². The molecular weight excluding hydrogens is 675 g/mol. The molecule has 2 aliphatic heterocycles. The first-order valence-electron chi connectivity index (χ1n) is 17.7. The minimum absolute atomic E-state index is 0.0226. The lowest BCUT2D eigenvalue weighted by atomic mass is 9.45. The SMILES string of the molecule is CC1CN(/C(=N\[C@H]2C[C@@H]3C[C@H]([C@@H]2C)C3(C)C)Nc2ccc3c(=O)n(CCc4ccc(Cl)cc4Cl)c(N4CC(=O)N[C@@H](C)C4)nc3c2)CC(=O)N1. The van der Waals surface area contributed by atoms with Crippen LogP contribution in [0.1, 0.15) is 53.0 Å². The molecule has 8 rings (SSSR count). The van der Waals surface area contributed by atoms with Gasteiger partial charge < -0.3 is 25.8 Å². The normalized spacial score (nSPS) is 27.9. The second-order valence-electron chi connectivity index (χ2n) is 15.4. The molecule has 266 valence electrons. The number of carbonyl (C=O) groups excluding carboxylic acids is 2. The fourth-order valence-corrected chi connectivity index (χ4v) is 9.14. The highest BCUT2D eigenvalue weighted by molar-refractivity contribution is 6.35. The van der Waals surface area contributed by atoms with Gasteiger partial charge in [-0.2, -0.15) is 0 Å². The minimum Gasteiger partial charge on any atom is -0.350 e. The summed E-state index contributed by atoms with van der Waals surface area (Å²) in [4.78, 5) is 53.8. The number of hydrogen-bond acceptors (Lipinski definition) is 6. The van der Waals surface area contributed by atoms with E-state index < -0.39 is 0 Å². The number of aromatic nitrogens is 2. The van der Waals surface area contributed by atoms with Gasteiger partial charge in [0.1, 0.15) is 0 Å². The number of halogens is 2. The van der Waals surface area contributed by atoms with Gasteiger partial charge in [-0.3, -0.25) is 19.0 Å². The van der Waals surface area contributed by atoms with Gasteiger partial charge in [0.05, 0.1) is 30.0 Å². The summed E-state index contributed by atoms with van der Waals surface area (Å²) in [6.45, 7) is 12.8. The van der Waals surface area contributed by atoms with Crippen LogP contribution >= 0.6 is 23.2 Å². The Balaban J connectivity index is 1.25. The Morgan fingerprint density at radius 3 is 2.40 bits per heavy atom. The van der Waals surface area contributed by atoms with Crippen molar-refractivity contribution in [3.8, 4) is 0 Å². The number of amides is 2. The summed E-state index contributed by atoms with van der Waals surface area (Å²) in [6.07, 6.45) is 2.76. The fourth-order valence-electron chi connectivity index (χ4n) is 8.64. The van der Waals surface area contributed by atoms with Crippen molar-refractivity contribution in [2.75, 3.05) is 36.4 Å². The summed E-state index contributed by atoms with van der Waals surface area (Å²) in [7, 11) is 0. The van der Waals surface area contributed by atoms with Crippen LogP contribution in [-0.4, -0.2) is 76.5 Å². The van der Waals surface area contributed by atoms with E-state index in [1.165, 1.54) is 6.42 Å². The van der Waals surface area contributed by atoms with Crippen LogP contribution in [0.4, 0.5) is 11.6 Å². The maximum Gasteiger partial charge on any atom is 0.262 e. The van der Waals surface area contributed by atoms with E-state index >= 15 is 0 Å². The average molecular weight is 722 g/mol. The van der Waals surface area contributed by atoms with E-state index in [0.717, 1.165) is 17.7 Å². The zero-order valence-corrected chi connectivity index (χ0v) is 30.8. The predicted octanol–water partition coefficient (Wildman–Crippen LogP) is 4.93. The molecule has 3 aromatic rings. The molecule has 11 nitrogen and oxygen atoms in total. The summed E-state index contributed by atoms with van der Waals surface area (Å²) in [5.41, 5.74) is 2.22. The average Bonchev–Trinajstić information content (AvgIpc) is 3.04. The Kier molecular flexibility index (Phi) is 9.26. The second kappa shape index (κ2) is 13.4. The number of carbonyl (C=O) groups is 2. The fraction of sp³-hybridized carbons (Fsp3) is 0.541. The first-order chi connectivity index (χ1) is 23.8. The van der Waals surface area contributed by atoms with Gasteiger partial charge in [-0.1, -0.05) is 50.0 Å². The molecule has 1 unspecified atom stereocenters. The number of fused-ring (bicyclic) bond motifs is 3. The van der Waals surface area contributed by atoms with Crippen molar-refractivity contribution in [3.63, 3.8) is 0 Å². The molecule has 6 atom stereocenters. The van der Waals surface area contributed by atoms with E-state index in [2.05, 4.69) is 36.7 Å². The highest BCUT2D eigenvalue weighted by Gasteiger charge is 2.56. The highest BCUT2D eigenvalue weighted by atomic mass is 35.5. The van der Waals surface area contributed by atoms with Crippen LogP contribution in [0.2, 0.25) is 10.0 Å². The summed E-state index contributed by atoms with van der Waals surface area (Å²) < 4.78 is 1.64. The standard InChI is InChI=1S/C37H46Cl2N8O3/c1-20-16-45(18-32(48)40-20)35(43-30-13-24-12-28(22(30)3)37(24,4)5)42-26-8-9-27-31(15-26)44-36(46-17-21(2)41-33(49)19-46)47(34(27)50)11-10-23-6-7-25(38)14-29(23)39/h6-9,14-15,20-22,24,28,30H,10-13,16-19H2,1-5H3,(H,40,48)(H,41,49)(H,42,43)/t20?,21-,22-,24-,28+,30-/m0/s1. The third-order valence-electron chi connectivity index (χ3n) is 11.5. The quantitative estimate of drug-likeness (QED) is 0.244. The van der Waals surface area contributed by atoms with Crippen molar-refractivity contribution in [3.05, 3.63) is 62.4 Å². The molecule has 0 spiro atoms. The molecule has 3 heterocycles. The van der Waals surface area contributed by atoms with Crippen LogP contribution in [0.25, 0.3) is 10.9 Å².